The molecule has 1 N–H and O–H groups in total. The minimum absolute atomic E-state index is 0.285. The van der Waals surface area contributed by atoms with Gasteiger partial charge in [0.25, 0.3) is 0 Å². The molecule has 4 nitrogen and oxygen atoms in total. The number of aryl methyl sites for hydroxylation is 1. The highest BCUT2D eigenvalue weighted by Crippen LogP contribution is 2.33. The van der Waals surface area contributed by atoms with Crippen molar-refractivity contribution in [3.8, 4) is 5.75 Å². The quantitative estimate of drug-likeness (QED) is 0.548. The van der Waals surface area contributed by atoms with E-state index < -0.39 is 0 Å². The van der Waals surface area contributed by atoms with Crippen LogP contribution in [0.3, 0.4) is 0 Å². The first-order valence-corrected chi connectivity index (χ1v) is 8.64. The van der Waals surface area contributed by atoms with E-state index in [1.54, 1.807) is 31.6 Å². The average Bonchev–Trinajstić information content (AvgIpc) is 2.92. The lowest BCUT2D eigenvalue weighted by molar-refractivity contribution is -0.111. The van der Waals surface area contributed by atoms with Gasteiger partial charge in [-0.25, -0.2) is 0 Å². The van der Waals surface area contributed by atoms with E-state index >= 15 is 0 Å². The Balaban J connectivity index is 1.92. The number of furan rings is 1. The van der Waals surface area contributed by atoms with E-state index in [-0.39, 0.29) is 5.91 Å². The Morgan fingerprint density at radius 2 is 1.85 bits per heavy atom. The monoisotopic (exact) mass is 389 g/mol. The van der Waals surface area contributed by atoms with E-state index in [1.807, 2.05) is 26.0 Å². The van der Waals surface area contributed by atoms with Gasteiger partial charge < -0.3 is 14.5 Å². The first kappa shape index (κ1) is 18.4. The van der Waals surface area contributed by atoms with Crippen LogP contribution in [0.15, 0.2) is 47.1 Å². The van der Waals surface area contributed by atoms with Crippen molar-refractivity contribution in [2.45, 2.75) is 13.8 Å². The molecule has 0 aliphatic carbocycles. The normalized spacial score (nSPS) is 11.7. The van der Waals surface area contributed by atoms with Crippen LogP contribution in [0.4, 0.5) is 5.69 Å². The zero-order chi connectivity index (χ0) is 18.8. The summed E-state index contributed by atoms with van der Waals surface area (Å²) < 4.78 is 11.0. The number of hydrogen-bond acceptors (Lipinski definition) is 3. The van der Waals surface area contributed by atoms with Crippen molar-refractivity contribution in [3.63, 3.8) is 0 Å². The number of fused-ring (bicyclic) bond motifs is 1. The fraction of sp³-hybridized carbons (Fsp3) is 0.150. The molecule has 1 heterocycles. The predicted octanol–water partition coefficient (Wildman–Crippen LogP) is 6.10. The summed E-state index contributed by atoms with van der Waals surface area (Å²) in [6.45, 7) is 3.82. The molecule has 0 radical (unpaired) electrons. The van der Waals surface area contributed by atoms with Gasteiger partial charge >= 0.3 is 0 Å². The van der Waals surface area contributed by atoms with Crippen molar-refractivity contribution in [1.82, 2.24) is 0 Å². The number of anilines is 1. The second-order valence-corrected chi connectivity index (χ2v) is 6.81. The molecule has 0 spiro atoms. The van der Waals surface area contributed by atoms with E-state index in [1.165, 1.54) is 6.08 Å². The zero-order valence-corrected chi connectivity index (χ0v) is 16.0. The Kier molecular flexibility index (Phi) is 5.25. The van der Waals surface area contributed by atoms with Crippen LogP contribution in [-0.4, -0.2) is 13.0 Å². The molecule has 134 valence electrons. The highest BCUT2D eigenvalue weighted by atomic mass is 35.5. The van der Waals surface area contributed by atoms with Crippen LogP contribution in [-0.2, 0) is 4.79 Å². The van der Waals surface area contributed by atoms with Crippen LogP contribution in [0.5, 0.6) is 5.75 Å². The van der Waals surface area contributed by atoms with Gasteiger partial charge in [-0.3, -0.25) is 4.79 Å². The van der Waals surface area contributed by atoms with Crippen LogP contribution in [0.25, 0.3) is 16.5 Å². The maximum absolute atomic E-state index is 12.4. The Morgan fingerprint density at radius 1 is 1.15 bits per heavy atom. The SMILES string of the molecule is COc1cc2occ(C)c2cc1/C(C)=C/C(=O)Nc1cc(Cl)cc(Cl)c1. The van der Waals surface area contributed by atoms with Crippen LogP contribution in [0.2, 0.25) is 10.0 Å². The van der Waals surface area contributed by atoms with Crippen molar-refractivity contribution < 1.29 is 13.9 Å². The maximum atomic E-state index is 12.4. The van der Waals surface area contributed by atoms with E-state index in [4.69, 9.17) is 32.4 Å². The molecule has 6 heteroatoms. The molecule has 0 saturated carbocycles. The molecule has 3 rings (SSSR count). The van der Waals surface area contributed by atoms with Crippen LogP contribution in [0.1, 0.15) is 18.1 Å². The van der Waals surface area contributed by atoms with Gasteiger partial charge in [0.1, 0.15) is 11.3 Å². The number of amides is 1. The molecule has 1 amide bonds. The molecule has 0 bridgehead atoms. The molecule has 26 heavy (non-hydrogen) atoms. The highest BCUT2D eigenvalue weighted by molar-refractivity contribution is 6.35. The topological polar surface area (TPSA) is 51.5 Å². The van der Waals surface area contributed by atoms with Gasteiger partial charge in [-0.1, -0.05) is 23.2 Å². The fourth-order valence-electron chi connectivity index (χ4n) is 2.74. The van der Waals surface area contributed by atoms with E-state index in [2.05, 4.69) is 5.32 Å². The van der Waals surface area contributed by atoms with Crippen LogP contribution >= 0.6 is 23.2 Å². The summed E-state index contributed by atoms with van der Waals surface area (Å²) in [6, 6.07) is 8.66. The Morgan fingerprint density at radius 3 is 2.50 bits per heavy atom. The number of rotatable bonds is 4. The Labute approximate surface area is 161 Å². The molecule has 0 fully saturated rings. The lowest BCUT2D eigenvalue weighted by atomic mass is 10.0. The van der Waals surface area contributed by atoms with Crippen molar-refractivity contribution in [2.24, 2.45) is 0 Å². The summed E-state index contributed by atoms with van der Waals surface area (Å²) in [5.41, 5.74) is 3.88. The second kappa shape index (κ2) is 7.44. The number of allylic oxidation sites excluding steroid dienone is 1. The Hall–Kier alpha value is -2.43. The summed E-state index contributed by atoms with van der Waals surface area (Å²) in [5.74, 6) is 0.353. The number of methoxy groups -OCH3 is 1. The third-order valence-corrected chi connectivity index (χ3v) is 4.43. The standard InChI is InChI=1S/C20H17Cl2NO3/c1-11(4-20(24)23-15-6-13(21)5-14(22)7-15)16-8-17-12(2)10-26-19(17)9-18(16)25-3/h4-10H,1-3H3,(H,23,24)/b11-4+. The van der Waals surface area contributed by atoms with Crippen LogP contribution in [0, 0.1) is 6.92 Å². The summed E-state index contributed by atoms with van der Waals surface area (Å²) in [7, 11) is 1.59. The van der Waals surface area contributed by atoms with Gasteiger partial charge in [0.2, 0.25) is 5.91 Å². The lowest BCUT2D eigenvalue weighted by Gasteiger charge is -2.10. The first-order valence-electron chi connectivity index (χ1n) is 7.89. The summed E-state index contributed by atoms with van der Waals surface area (Å²) >= 11 is 11.9. The zero-order valence-electron chi connectivity index (χ0n) is 14.5. The summed E-state index contributed by atoms with van der Waals surface area (Å²) in [6.07, 6.45) is 3.20. The van der Waals surface area contributed by atoms with Gasteiger partial charge in [0, 0.05) is 38.8 Å². The van der Waals surface area contributed by atoms with Gasteiger partial charge in [0.05, 0.1) is 13.4 Å². The molecule has 0 atom stereocenters. The maximum Gasteiger partial charge on any atom is 0.248 e. The Bertz CT molecular complexity index is 1000. The molecule has 2 aromatic carbocycles. The molecule has 0 aliphatic heterocycles. The number of benzene rings is 2. The summed E-state index contributed by atoms with van der Waals surface area (Å²) in [4.78, 5) is 12.4. The largest absolute Gasteiger partial charge is 0.496 e. The molecule has 1 aromatic heterocycles. The minimum Gasteiger partial charge on any atom is -0.496 e. The second-order valence-electron chi connectivity index (χ2n) is 5.94. The third-order valence-electron chi connectivity index (χ3n) is 3.99. The highest BCUT2D eigenvalue weighted by Gasteiger charge is 2.12. The van der Waals surface area contributed by atoms with Gasteiger partial charge in [-0.2, -0.15) is 0 Å². The van der Waals surface area contributed by atoms with Gasteiger partial charge in [-0.05, 0) is 49.2 Å². The number of hydrogen-bond donors (Lipinski definition) is 1. The molecule has 0 aliphatic rings. The third kappa shape index (κ3) is 3.87. The molecule has 0 saturated heterocycles. The van der Waals surface area contributed by atoms with Crippen molar-refractivity contribution in [3.05, 3.63) is 63.8 Å². The lowest BCUT2D eigenvalue weighted by Crippen LogP contribution is -2.08. The van der Waals surface area contributed by atoms with Crippen LogP contribution < -0.4 is 10.1 Å². The van der Waals surface area contributed by atoms with Gasteiger partial charge in [-0.15, -0.1) is 0 Å². The molecular formula is C20H17Cl2NO3. The van der Waals surface area contributed by atoms with E-state index in [9.17, 15) is 4.79 Å². The van der Waals surface area contributed by atoms with E-state index in [0.717, 1.165) is 27.7 Å². The van der Waals surface area contributed by atoms with Gasteiger partial charge in [0.15, 0.2) is 0 Å². The minimum atomic E-state index is -0.285. The smallest absolute Gasteiger partial charge is 0.248 e. The number of nitrogens with one attached hydrogen (secondary N) is 1. The van der Waals surface area contributed by atoms with Crippen molar-refractivity contribution in [2.75, 3.05) is 12.4 Å². The fourth-order valence-corrected chi connectivity index (χ4v) is 3.26. The first-order chi connectivity index (χ1) is 12.4. The van der Waals surface area contributed by atoms with Crippen molar-refractivity contribution in [1.29, 1.82) is 0 Å². The predicted molar refractivity (Wildman–Crippen MR) is 106 cm³/mol. The average molecular weight is 390 g/mol. The number of ether oxygens (including phenoxy) is 1. The summed E-state index contributed by atoms with van der Waals surface area (Å²) in [5, 5.41) is 4.65. The number of halogens is 2. The number of carbonyl (C=O) groups excluding carboxylic acids is 1. The van der Waals surface area contributed by atoms with Crippen molar-refractivity contribution >= 4 is 51.3 Å². The number of carbonyl (C=O) groups is 1. The molecule has 0 unspecified atom stereocenters. The van der Waals surface area contributed by atoms with E-state index in [0.29, 0.717) is 21.5 Å². The molecular weight excluding hydrogens is 373 g/mol. The molecule has 3 aromatic rings.